The average Bonchev–Trinajstić information content (AvgIpc) is 3.10. The molecule has 7 nitrogen and oxygen atoms in total. The molecule has 2 heterocycles. The van der Waals surface area contributed by atoms with Gasteiger partial charge in [0, 0.05) is 49.6 Å². The van der Waals surface area contributed by atoms with E-state index >= 15 is 0 Å². The second-order valence-electron chi connectivity index (χ2n) is 7.59. The van der Waals surface area contributed by atoms with Crippen molar-refractivity contribution in [3.63, 3.8) is 0 Å². The van der Waals surface area contributed by atoms with E-state index in [-0.39, 0.29) is 11.5 Å². The predicted molar refractivity (Wildman–Crippen MR) is 116 cm³/mol. The van der Waals surface area contributed by atoms with Crippen molar-refractivity contribution in [2.45, 2.75) is 19.9 Å². The molecule has 0 saturated heterocycles. The number of ether oxygens (including phenoxy) is 5. The molecule has 2 aliphatic heterocycles. The summed E-state index contributed by atoms with van der Waals surface area (Å²) in [4.78, 5) is 15.3. The van der Waals surface area contributed by atoms with Crippen LogP contribution in [0.1, 0.15) is 33.5 Å². The van der Waals surface area contributed by atoms with E-state index in [0.29, 0.717) is 36.1 Å². The Morgan fingerprint density at radius 2 is 1.97 bits per heavy atom. The van der Waals surface area contributed by atoms with Crippen molar-refractivity contribution in [1.29, 1.82) is 0 Å². The van der Waals surface area contributed by atoms with E-state index in [1.807, 2.05) is 25.1 Å². The number of carbonyl (C=O) groups excluding carboxylic acids is 1. The topological polar surface area (TPSA) is 66.5 Å². The molecule has 2 aromatic carbocycles. The van der Waals surface area contributed by atoms with Gasteiger partial charge in [-0.2, -0.15) is 0 Å². The van der Waals surface area contributed by atoms with Crippen molar-refractivity contribution in [1.82, 2.24) is 4.90 Å². The molecule has 7 heteroatoms. The van der Waals surface area contributed by atoms with E-state index < -0.39 is 0 Å². The van der Waals surface area contributed by atoms with Crippen LogP contribution in [0.25, 0.3) is 6.08 Å². The highest BCUT2D eigenvalue weighted by Crippen LogP contribution is 2.43. The number of carbonyl (C=O) groups is 1. The van der Waals surface area contributed by atoms with Crippen LogP contribution in [0.5, 0.6) is 23.0 Å². The Bertz CT molecular complexity index is 1030. The third kappa shape index (κ3) is 4.11. The molecule has 0 aromatic heterocycles. The van der Waals surface area contributed by atoms with Crippen LogP contribution in [0.4, 0.5) is 0 Å². The number of ketones is 1. The van der Waals surface area contributed by atoms with Crippen LogP contribution in [0.2, 0.25) is 0 Å². The summed E-state index contributed by atoms with van der Waals surface area (Å²) in [5, 5.41) is 0. The van der Waals surface area contributed by atoms with Crippen molar-refractivity contribution in [3.8, 4) is 23.0 Å². The Morgan fingerprint density at radius 1 is 1.13 bits per heavy atom. The Kier molecular flexibility index (Phi) is 6.15. The Hall–Kier alpha value is -3.03. The highest BCUT2D eigenvalue weighted by molar-refractivity contribution is 6.15. The van der Waals surface area contributed by atoms with Gasteiger partial charge >= 0.3 is 0 Å². The second-order valence-corrected chi connectivity index (χ2v) is 7.59. The van der Waals surface area contributed by atoms with Crippen LogP contribution in [-0.2, 0) is 11.3 Å². The molecule has 2 aliphatic rings. The fourth-order valence-electron chi connectivity index (χ4n) is 3.95. The molecular formula is C24H27NO6. The Morgan fingerprint density at radius 3 is 2.71 bits per heavy atom. The minimum Gasteiger partial charge on any atom is -0.497 e. The lowest BCUT2D eigenvalue weighted by atomic mass is 10.00. The van der Waals surface area contributed by atoms with Crippen molar-refractivity contribution in [3.05, 3.63) is 52.3 Å². The van der Waals surface area contributed by atoms with Crippen LogP contribution in [0.3, 0.4) is 0 Å². The summed E-state index contributed by atoms with van der Waals surface area (Å²) >= 11 is 0. The molecule has 0 bridgehead atoms. The molecule has 0 aliphatic carbocycles. The second kappa shape index (κ2) is 8.99. The monoisotopic (exact) mass is 425 g/mol. The molecule has 2 aromatic rings. The summed E-state index contributed by atoms with van der Waals surface area (Å²) in [6.07, 6.45) is 2.63. The summed E-state index contributed by atoms with van der Waals surface area (Å²) < 4.78 is 27.8. The van der Waals surface area contributed by atoms with Gasteiger partial charge in [0.1, 0.15) is 29.7 Å². The first-order chi connectivity index (χ1) is 15.0. The average molecular weight is 425 g/mol. The summed E-state index contributed by atoms with van der Waals surface area (Å²) in [7, 11) is 4.88. The van der Waals surface area contributed by atoms with Gasteiger partial charge in [-0.3, -0.25) is 9.69 Å². The minimum atomic E-state index is -0.143. The van der Waals surface area contributed by atoms with Gasteiger partial charge < -0.3 is 23.7 Å². The van der Waals surface area contributed by atoms with Gasteiger partial charge in [0.25, 0.3) is 0 Å². The lowest BCUT2D eigenvalue weighted by Crippen LogP contribution is -2.33. The Balaban J connectivity index is 1.62. The molecule has 0 fully saturated rings. The van der Waals surface area contributed by atoms with E-state index in [0.717, 1.165) is 42.0 Å². The SMILES string of the molecule is COCCCN1COc2c(cc3c(c2C)O/C(=C\c2ccc(OC)cc2OC)C3=O)C1. The predicted octanol–water partition coefficient (Wildman–Crippen LogP) is 3.82. The van der Waals surface area contributed by atoms with Gasteiger partial charge in [-0.05, 0) is 37.6 Å². The summed E-state index contributed by atoms with van der Waals surface area (Å²) in [5.41, 5.74) is 3.15. The smallest absolute Gasteiger partial charge is 0.231 e. The molecule has 31 heavy (non-hydrogen) atoms. The number of hydrogen-bond acceptors (Lipinski definition) is 7. The quantitative estimate of drug-likeness (QED) is 0.494. The maximum Gasteiger partial charge on any atom is 0.231 e. The zero-order chi connectivity index (χ0) is 22.0. The van der Waals surface area contributed by atoms with Gasteiger partial charge in [-0.25, -0.2) is 0 Å². The van der Waals surface area contributed by atoms with Gasteiger partial charge in [-0.1, -0.05) is 0 Å². The van der Waals surface area contributed by atoms with Gasteiger partial charge in [0.05, 0.1) is 19.8 Å². The fraction of sp³-hybridized carbons (Fsp3) is 0.375. The molecule has 0 unspecified atom stereocenters. The van der Waals surface area contributed by atoms with Crippen molar-refractivity contribution in [2.24, 2.45) is 0 Å². The van der Waals surface area contributed by atoms with Crippen LogP contribution >= 0.6 is 0 Å². The molecule has 0 atom stereocenters. The fourth-order valence-corrected chi connectivity index (χ4v) is 3.95. The van der Waals surface area contributed by atoms with E-state index in [4.69, 9.17) is 23.7 Å². The summed E-state index contributed by atoms with van der Waals surface area (Å²) in [6.45, 7) is 4.75. The highest BCUT2D eigenvalue weighted by atomic mass is 16.5. The zero-order valence-electron chi connectivity index (χ0n) is 18.3. The molecule has 0 spiro atoms. The van der Waals surface area contributed by atoms with Crippen molar-refractivity contribution >= 4 is 11.9 Å². The number of methoxy groups -OCH3 is 3. The third-order valence-electron chi connectivity index (χ3n) is 5.55. The largest absolute Gasteiger partial charge is 0.497 e. The summed E-state index contributed by atoms with van der Waals surface area (Å²) in [5.74, 6) is 2.77. The number of nitrogens with zero attached hydrogens (tertiary/aromatic N) is 1. The van der Waals surface area contributed by atoms with Crippen LogP contribution in [0, 0.1) is 6.92 Å². The van der Waals surface area contributed by atoms with Crippen molar-refractivity contribution in [2.75, 3.05) is 41.2 Å². The number of allylic oxidation sites excluding steroid dienone is 1. The molecule has 0 amide bonds. The first kappa shape index (κ1) is 21.2. The van der Waals surface area contributed by atoms with E-state index in [1.165, 1.54) is 0 Å². The van der Waals surface area contributed by atoms with Gasteiger partial charge in [0.15, 0.2) is 5.76 Å². The number of fused-ring (bicyclic) bond motifs is 2. The minimum absolute atomic E-state index is 0.143. The maximum absolute atomic E-state index is 13.1. The molecular weight excluding hydrogens is 398 g/mol. The van der Waals surface area contributed by atoms with Crippen molar-refractivity contribution < 1.29 is 28.5 Å². The zero-order valence-corrected chi connectivity index (χ0v) is 18.3. The number of Topliss-reactive ketones (excluding diaryl/α,β-unsaturated/α-hetero) is 1. The van der Waals surface area contributed by atoms with Gasteiger partial charge in [-0.15, -0.1) is 0 Å². The Labute approximate surface area is 182 Å². The number of benzene rings is 2. The normalized spacial score (nSPS) is 16.5. The molecule has 0 radical (unpaired) electrons. The molecule has 4 rings (SSSR count). The van der Waals surface area contributed by atoms with Crippen LogP contribution < -0.4 is 18.9 Å². The standard InChI is InChI=1S/C24H27NO6/c1-15-23-17(13-25(14-30-23)8-5-9-27-2)10-19-22(26)21(31-24(15)19)11-16-6-7-18(28-3)12-20(16)29-4/h6-7,10-12H,5,8-9,13-14H2,1-4H3/b21-11-. The number of rotatable bonds is 7. The van der Waals surface area contributed by atoms with Crippen LogP contribution in [-0.4, -0.2) is 51.9 Å². The lowest BCUT2D eigenvalue weighted by Gasteiger charge is -2.30. The highest BCUT2D eigenvalue weighted by Gasteiger charge is 2.33. The van der Waals surface area contributed by atoms with E-state index in [1.54, 1.807) is 33.5 Å². The molecule has 0 N–H and O–H groups in total. The maximum atomic E-state index is 13.1. The van der Waals surface area contributed by atoms with E-state index in [9.17, 15) is 4.79 Å². The number of hydrogen-bond donors (Lipinski definition) is 0. The van der Waals surface area contributed by atoms with E-state index in [2.05, 4.69) is 4.90 Å². The third-order valence-corrected chi connectivity index (χ3v) is 5.55. The first-order valence-corrected chi connectivity index (χ1v) is 10.2. The van der Waals surface area contributed by atoms with Crippen LogP contribution in [0.15, 0.2) is 30.0 Å². The van der Waals surface area contributed by atoms with Gasteiger partial charge in [0.2, 0.25) is 5.78 Å². The molecule has 164 valence electrons. The lowest BCUT2D eigenvalue weighted by molar-refractivity contribution is 0.0826. The molecule has 0 saturated carbocycles. The summed E-state index contributed by atoms with van der Waals surface area (Å²) in [6, 6.07) is 7.32. The first-order valence-electron chi connectivity index (χ1n) is 10.2.